The van der Waals surface area contributed by atoms with Crippen LogP contribution >= 0.6 is 12.2 Å². The summed E-state index contributed by atoms with van der Waals surface area (Å²) in [5, 5.41) is 0. The topological polar surface area (TPSA) is 82.6 Å². The SMILES string of the molecule is CC(C)CC(C)(C(=O)OCCOCCOCCCn1c(=O)cc[nH]c1=S)C(C)C. The Kier molecular flexibility index (Phi) is 11.4. The highest BCUT2D eigenvalue weighted by Crippen LogP contribution is 2.35. The molecule has 166 valence electrons. The maximum absolute atomic E-state index is 12.5. The van der Waals surface area contributed by atoms with E-state index in [2.05, 4.69) is 32.7 Å². The first-order chi connectivity index (χ1) is 13.7. The Morgan fingerprint density at radius 1 is 1.14 bits per heavy atom. The minimum absolute atomic E-state index is 0.117. The van der Waals surface area contributed by atoms with Crippen molar-refractivity contribution in [3.05, 3.63) is 27.4 Å². The molecule has 0 aliphatic heterocycles. The summed E-state index contributed by atoms with van der Waals surface area (Å²) >= 11 is 5.09. The van der Waals surface area contributed by atoms with Gasteiger partial charge in [-0.25, -0.2) is 0 Å². The minimum Gasteiger partial charge on any atom is -0.463 e. The highest BCUT2D eigenvalue weighted by atomic mass is 32.1. The van der Waals surface area contributed by atoms with Gasteiger partial charge < -0.3 is 19.2 Å². The summed E-state index contributed by atoms with van der Waals surface area (Å²) in [6.07, 6.45) is 3.03. The number of hydrogen-bond donors (Lipinski definition) is 1. The van der Waals surface area contributed by atoms with Gasteiger partial charge in [-0.15, -0.1) is 0 Å². The van der Waals surface area contributed by atoms with Gasteiger partial charge in [0, 0.05) is 25.4 Å². The summed E-state index contributed by atoms with van der Waals surface area (Å²) in [7, 11) is 0. The zero-order valence-corrected chi connectivity index (χ0v) is 19.2. The molecule has 1 heterocycles. The molecule has 0 amide bonds. The molecule has 0 saturated heterocycles. The number of hydrogen-bond acceptors (Lipinski definition) is 6. The molecule has 1 aromatic heterocycles. The van der Waals surface area contributed by atoms with Crippen molar-refractivity contribution in [2.45, 2.75) is 54.0 Å². The highest BCUT2D eigenvalue weighted by Gasteiger charge is 2.38. The number of carbonyl (C=O) groups is 1. The third-order valence-corrected chi connectivity index (χ3v) is 5.36. The summed E-state index contributed by atoms with van der Waals surface area (Å²) in [4.78, 5) is 27.0. The molecule has 8 heteroatoms. The van der Waals surface area contributed by atoms with Crippen molar-refractivity contribution in [1.29, 1.82) is 0 Å². The molecule has 0 aliphatic carbocycles. The van der Waals surface area contributed by atoms with E-state index in [1.807, 2.05) is 6.92 Å². The first kappa shape index (κ1) is 25.5. The molecule has 7 nitrogen and oxygen atoms in total. The number of H-pyrrole nitrogens is 1. The van der Waals surface area contributed by atoms with Crippen molar-refractivity contribution in [1.82, 2.24) is 9.55 Å². The van der Waals surface area contributed by atoms with Gasteiger partial charge in [0.25, 0.3) is 5.56 Å². The van der Waals surface area contributed by atoms with E-state index >= 15 is 0 Å². The second-order valence-corrected chi connectivity index (χ2v) is 8.54. The fraction of sp³-hybridized carbons (Fsp3) is 0.762. The van der Waals surface area contributed by atoms with Crippen LogP contribution in [0.3, 0.4) is 0 Å². The maximum atomic E-state index is 12.5. The molecule has 0 aromatic carbocycles. The standard InChI is InChI=1S/C21H36N2O5S/c1-16(2)15-21(5,17(3)4)19(25)28-14-13-27-12-11-26-10-6-9-23-18(24)7-8-22-20(23)29/h7-8,16-17H,6,9-15H2,1-5H3,(H,22,29). The predicted molar refractivity (Wildman–Crippen MR) is 116 cm³/mol. The van der Waals surface area contributed by atoms with Crippen molar-refractivity contribution in [3.63, 3.8) is 0 Å². The van der Waals surface area contributed by atoms with Crippen LogP contribution < -0.4 is 5.56 Å². The summed E-state index contributed by atoms with van der Waals surface area (Å²) in [5.41, 5.74) is -0.589. The Balaban J connectivity index is 2.13. The number of esters is 1. The van der Waals surface area contributed by atoms with Gasteiger partial charge in [0.05, 0.1) is 25.2 Å². The molecule has 0 radical (unpaired) electrons. The van der Waals surface area contributed by atoms with E-state index in [0.29, 0.717) is 50.1 Å². The van der Waals surface area contributed by atoms with E-state index in [-0.39, 0.29) is 24.1 Å². The van der Waals surface area contributed by atoms with E-state index in [1.165, 1.54) is 10.6 Å². The fourth-order valence-corrected chi connectivity index (χ4v) is 3.32. The van der Waals surface area contributed by atoms with Gasteiger partial charge in [-0.3, -0.25) is 14.2 Å². The summed E-state index contributed by atoms with van der Waals surface area (Å²) in [6.45, 7) is 12.8. The lowest BCUT2D eigenvalue weighted by Gasteiger charge is -2.32. The molecule has 0 saturated carbocycles. The molecule has 0 fully saturated rings. The maximum Gasteiger partial charge on any atom is 0.312 e. The Morgan fingerprint density at radius 2 is 1.76 bits per heavy atom. The van der Waals surface area contributed by atoms with Crippen LogP contribution in [0.15, 0.2) is 17.1 Å². The molecule has 0 bridgehead atoms. The summed E-state index contributed by atoms with van der Waals surface area (Å²) in [6, 6.07) is 1.45. The lowest BCUT2D eigenvalue weighted by atomic mass is 9.73. The van der Waals surface area contributed by atoms with Gasteiger partial charge in [0.2, 0.25) is 0 Å². The molecule has 1 aromatic rings. The van der Waals surface area contributed by atoms with Gasteiger partial charge in [-0.2, -0.15) is 0 Å². The van der Waals surface area contributed by atoms with Crippen molar-refractivity contribution in [2.24, 2.45) is 17.3 Å². The molecule has 1 rings (SSSR count). The molecule has 1 atom stereocenters. The molecule has 29 heavy (non-hydrogen) atoms. The van der Waals surface area contributed by atoms with Crippen LogP contribution in [0.5, 0.6) is 0 Å². The molecule has 1 unspecified atom stereocenters. The molecule has 0 spiro atoms. The van der Waals surface area contributed by atoms with Crippen LogP contribution in [0.1, 0.15) is 47.5 Å². The highest BCUT2D eigenvalue weighted by molar-refractivity contribution is 7.71. The number of nitrogens with zero attached hydrogens (tertiary/aromatic N) is 1. The van der Waals surface area contributed by atoms with Crippen molar-refractivity contribution >= 4 is 18.2 Å². The molecule has 1 N–H and O–H groups in total. The van der Waals surface area contributed by atoms with E-state index in [9.17, 15) is 9.59 Å². The normalized spacial score (nSPS) is 13.6. The van der Waals surface area contributed by atoms with E-state index in [1.54, 1.807) is 6.20 Å². The van der Waals surface area contributed by atoms with Gasteiger partial charge in [-0.05, 0) is 43.8 Å². The first-order valence-corrected chi connectivity index (χ1v) is 10.7. The summed E-state index contributed by atoms with van der Waals surface area (Å²) in [5.74, 6) is 0.489. The van der Waals surface area contributed by atoms with Gasteiger partial charge in [-0.1, -0.05) is 27.7 Å². The van der Waals surface area contributed by atoms with E-state index in [4.69, 9.17) is 26.4 Å². The lowest BCUT2D eigenvalue weighted by Crippen LogP contribution is -2.37. The minimum atomic E-state index is -0.472. The number of aromatic amines is 1. The van der Waals surface area contributed by atoms with Gasteiger partial charge >= 0.3 is 5.97 Å². The lowest BCUT2D eigenvalue weighted by molar-refractivity contribution is -0.160. The quantitative estimate of drug-likeness (QED) is 0.277. The number of carbonyl (C=O) groups excluding carboxylic acids is 1. The zero-order valence-electron chi connectivity index (χ0n) is 18.4. The molecular formula is C21H36N2O5S. The van der Waals surface area contributed by atoms with Gasteiger partial charge in [0.15, 0.2) is 4.77 Å². The van der Waals surface area contributed by atoms with Crippen LogP contribution in [0.4, 0.5) is 0 Å². The average Bonchev–Trinajstić information content (AvgIpc) is 2.64. The van der Waals surface area contributed by atoms with Crippen molar-refractivity contribution in [3.8, 4) is 0 Å². The molecule has 0 aliphatic rings. The second-order valence-electron chi connectivity index (χ2n) is 8.16. The fourth-order valence-electron chi connectivity index (χ4n) is 3.07. The van der Waals surface area contributed by atoms with Crippen LogP contribution in [-0.4, -0.2) is 48.6 Å². The van der Waals surface area contributed by atoms with Crippen molar-refractivity contribution in [2.75, 3.05) is 33.0 Å². The number of aromatic nitrogens is 2. The van der Waals surface area contributed by atoms with Gasteiger partial charge in [0.1, 0.15) is 6.61 Å². The largest absolute Gasteiger partial charge is 0.463 e. The van der Waals surface area contributed by atoms with Crippen molar-refractivity contribution < 1.29 is 19.0 Å². The average molecular weight is 429 g/mol. The van der Waals surface area contributed by atoms with E-state index < -0.39 is 5.41 Å². The number of ether oxygens (including phenoxy) is 3. The number of nitrogens with one attached hydrogen (secondary N) is 1. The van der Waals surface area contributed by atoms with Crippen LogP contribution in [0, 0.1) is 22.0 Å². The Hall–Kier alpha value is -1.51. The monoisotopic (exact) mass is 428 g/mol. The van der Waals surface area contributed by atoms with Crippen LogP contribution in [0.25, 0.3) is 0 Å². The number of rotatable bonds is 14. The Labute approximate surface area is 178 Å². The third kappa shape index (κ3) is 8.80. The smallest absolute Gasteiger partial charge is 0.312 e. The first-order valence-electron chi connectivity index (χ1n) is 10.3. The van der Waals surface area contributed by atoms with Crippen LogP contribution in [-0.2, 0) is 25.5 Å². The van der Waals surface area contributed by atoms with E-state index in [0.717, 1.165) is 6.42 Å². The Bertz CT molecular complexity index is 700. The zero-order chi connectivity index (χ0) is 21.9. The van der Waals surface area contributed by atoms with Crippen LogP contribution in [0.2, 0.25) is 0 Å². The Morgan fingerprint density at radius 3 is 2.34 bits per heavy atom. The third-order valence-electron chi connectivity index (χ3n) is 5.02. The summed E-state index contributed by atoms with van der Waals surface area (Å²) < 4.78 is 18.3. The second kappa shape index (κ2) is 12.9. The molecular weight excluding hydrogens is 392 g/mol. The predicted octanol–water partition coefficient (Wildman–Crippen LogP) is 3.58.